The standard InChI is InChI=1S/C14H17NO3/c1-16-13-7-3-2-6-12(13)14(9-15)18-10-11-5-4-8-17-11/h2-8,14H,9-10,15H2,1H3. The highest BCUT2D eigenvalue weighted by Crippen LogP contribution is 2.27. The van der Waals surface area contributed by atoms with Crippen molar-refractivity contribution >= 4 is 0 Å². The molecule has 18 heavy (non-hydrogen) atoms. The molecular formula is C14H17NO3. The Morgan fingerprint density at radius 2 is 2.06 bits per heavy atom. The van der Waals surface area contributed by atoms with Gasteiger partial charge in [0, 0.05) is 12.1 Å². The molecule has 0 spiro atoms. The fourth-order valence-electron chi connectivity index (χ4n) is 1.79. The van der Waals surface area contributed by atoms with Gasteiger partial charge in [0.05, 0.1) is 19.5 Å². The molecule has 4 nitrogen and oxygen atoms in total. The summed E-state index contributed by atoms with van der Waals surface area (Å²) in [7, 11) is 1.64. The third kappa shape index (κ3) is 2.91. The van der Waals surface area contributed by atoms with Gasteiger partial charge in [0.1, 0.15) is 18.1 Å². The number of para-hydroxylation sites is 1. The molecule has 1 aromatic heterocycles. The Labute approximate surface area is 106 Å². The lowest BCUT2D eigenvalue weighted by Crippen LogP contribution is -2.16. The van der Waals surface area contributed by atoms with Crippen LogP contribution in [0.2, 0.25) is 0 Å². The molecule has 96 valence electrons. The first kappa shape index (κ1) is 12.7. The molecule has 0 aliphatic carbocycles. The van der Waals surface area contributed by atoms with Crippen molar-refractivity contribution < 1.29 is 13.9 Å². The zero-order chi connectivity index (χ0) is 12.8. The van der Waals surface area contributed by atoms with E-state index in [1.54, 1.807) is 13.4 Å². The SMILES string of the molecule is COc1ccccc1C(CN)OCc1ccco1. The van der Waals surface area contributed by atoms with Gasteiger partial charge in [-0.05, 0) is 18.2 Å². The minimum absolute atomic E-state index is 0.203. The molecule has 2 rings (SSSR count). The van der Waals surface area contributed by atoms with Gasteiger partial charge in [0.15, 0.2) is 0 Å². The number of rotatable bonds is 6. The van der Waals surface area contributed by atoms with E-state index in [2.05, 4.69) is 0 Å². The van der Waals surface area contributed by atoms with E-state index in [0.717, 1.165) is 17.1 Å². The lowest BCUT2D eigenvalue weighted by atomic mass is 10.1. The third-order valence-corrected chi connectivity index (χ3v) is 2.71. The van der Waals surface area contributed by atoms with Crippen molar-refractivity contribution in [1.82, 2.24) is 0 Å². The Hall–Kier alpha value is -1.78. The summed E-state index contributed by atoms with van der Waals surface area (Å²) in [4.78, 5) is 0. The summed E-state index contributed by atoms with van der Waals surface area (Å²) in [5.74, 6) is 1.57. The second-order valence-corrected chi connectivity index (χ2v) is 3.86. The molecule has 0 saturated carbocycles. The van der Waals surface area contributed by atoms with Gasteiger partial charge < -0.3 is 19.6 Å². The molecule has 0 radical (unpaired) electrons. The van der Waals surface area contributed by atoms with Crippen LogP contribution in [0.4, 0.5) is 0 Å². The molecule has 0 bridgehead atoms. The molecule has 0 fully saturated rings. The quantitative estimate of drug-likeness (QED) is 0.852. The van der Waals surface area contributed by atoms with Gasteiger partial charge in [0.25, 0.3) is 0 Å². The first-order valence-electron chi connectivity index (χ1n) is 5.82. The van der Waals surface area contributed by atoms with Crippen LogP contribution in [-0.2, 0) is 11.3 Å². The second-order valence-electron chi connectivity index (χ2n) is 3.86. The Kier molecular flexibility index (Phi) is 4.39. The van der Waals surface area contributed by atoms with Crippen LogP contribution >= 0.6 is 0 Å². The molecule has 2 aromatic rings. The summed E-state index contributed by atoms with van der Waals surface area (Å²) in [6.45, 7) is 0.786. The normalized spacial score (nSPS) is 12.3. The Morgan fingerprint density at radius 1 is 1.22 bits per heavy atom. The summed E-state index contributed by atoms with van der Waals surface area (Å²) in [5, 5.41) is 0. The zero-order valence-corrected chi connectivity index (χ0v) is 10.3. The van der Waals surface area contributed by atoms with E-state index >= 15 is 0 Å². The average molecular weight is 247 g/mol. The fourth-order valence-corrected chi connectivity index (χ4v) is 1.79. The van der Waals surface area contributed by atoms with Gasteiger partial charge in [-0.25, -0.2) is 0 Å². The molecule has 1 unspecified atom stereocenters. The van der Waals surface area contributed by atoms with Crippen LogP contribution in [0.15, 0.2) is 47.1 Å². The van der Waals surface area contributed by atoms with Crippen LogP contribution < -0.4 is 10.5 Å². The van der Waals surface area contributed by atoms with E-state index in [0.29, 0.717) is 13.2 Å². The Balaban J connectivity index is 2.08. The number of hydrogen-bond acceptors (Lipinski definition) is 4. The van der Waals surface area contributed by atoms with Crippen LogP contribution in [-0.4, -0.2) is 13.7 Å². The number of nitrogens with two attached hydrogens (primary N) is 1. The van der Waals surface area contributed by atoms with Gasteiger partial charge in [-0.3, -0.25) is 0 Å². The molecule has 1 aromatic carbocycles. The summed E-state index contributed by atoms with van der Waals surface area (Å²) in [6.07, 6.45) is 1.42. The van der Waals surface area contributed by atoms with Crippen LogP contribution in [0, 0.1) is 0 Å². The van der Waals surface area contributed by atoms with Crippen molar-refractivity contribution in [2.45, 2.75) is 12.7 Å². The van der Waals surface area contributed by atoms with Crippen LogP contribution in [0.1, 0.15) is 17.4 Å². The largest absolute Gasteiger partial charge is 0.496 e. The first-order chi connectivity index (χ1) is 8.85. The van der Waals surface area contributed by atoms with E-state index < -0.39 is 0 Å². The van der Waals surface area contributed by atoms with Crippen molar-refractivity contribution in [2.75, 3.05) is 13.7 Å². The van der Waals surface area contributed by atoms with Crippen molar-refractivity contribution in [3.8, 4) is 5.75 Å². The molecule has 2 N–H and O–H groups in total. The maximum Gasteiger partial charge on any atom is 0.129 e. The third-order valence-electron chi connectivity index (χ3n) is 2.71. The van der Waals surface area contributed by atoms with Gasteiger partial charge in [0.2, 0.25) is 0 Å². The van der Waals surface area contributed by atoms with Crippen molar-refractivity contribution in [1.29, 1.82) is 0 Å². The van der Waals surface area contributed by atoms with E-state index in [1.807, 2.05) is 36.4 Å². The molecule has 1 heterocycles. The monoisotopic (exact) mass is 247 g/mol. The Bertz CT molecular complexity index is 468. The summed E-state index contributed by atoms with van der Waals surface area (Å²) < 4.78 is 16.3. The maximum absolute atomic E-state index is 5.77. The fraction of sp³-hybridized carbons (Fsp3) is 0.286. The smallest absolute Gasteiger partial charge is 0.129 e. The number of furan rings is 1. The van der Waals surface area contributed by atoms with Crippen molar-refractivity contribution in [3.63, 3.8) is 0 Å². The summed E-state index contributed by atoms with van der Waals surface area (Å²) in [5.41, 5.74) is 6.71. The van der Waals surface area contributed by atoms with Crippen LogP contribution in [0.3, 0.4) is 0 Å². The minimum Gasteiger partial charge on any atom is -0.496 e. The molecule has 0 aliphatic rings. The number of hydrogen-bond donors (Lipinski definition) is 1. The second kappa shape index (κ2) is 6.23. The van der Waals surface area contributed by atoms with E-state index in [4.69, 9.17) is 19.6 Å². The van der Waals surface area contributed by atoms with Crippen LogP contribution in [0.5, 0.6) is 5.75 Å². The van der Waals surface area contributed by atoms with Gasteiger partial charge in [-0.2, -0.15) is 0 Å². The van der Waals surface area contributed by atoms with Crippen molar-refractivity contribution in [2.24, 2.45) is 5.73 Å². The lowest BCUT2D eigenvalue weighted by molar-refractivity contribution is 0.0341. The van der Waals surface area contributed by atoms with E-state index in [-0.39, 0.29) is 6.10 Å². The van der Waals surface area contributed by atoms with Gasteiger partial charge in [-0.1, -0.05) is 18.2 Å². The first-order valence-corrected chi connectivity index (χ1v) is 5.82. The molecule has 4 heteroatoms. The highest BCUT2D eigenvalue weighted by molar-refractivity contribution is 5.35. The van der Waals surface area contributed by atoms with Gasteiger partial charge >= 0.3 is 0 Å². The molecule has 0 amide bonds. The topological polar surface area (TPSA) is 57.6 Å². The van der Waals surface area contributed by atoms with Gasteiger partial charge in [-0.15, -0.1) is 0 Å². The van der Waals surface area contributed by atoms with E-state index in [1.165, 1.54) is 0 Å². The highest BCUT2D eigenvalue weighted by Gasteiger charge is 2.15. The highest BCUT2D eigenvalue weighted by atomic mass is 16.5. The lowest BCUT2D eigenvalue weighted by Gasteiger charge is -2.18. The predicted molar refractivity (Wildman–Crippen MR) is 68.3 cm³/mol. The number of benzene rings is 1. The zero-order valence-electron chi connectivity index (χ0n) is 10.3. The molecular weight excluding hydrogens is 230 g/mol. The molecule has 1 atom stereocenters. The maximum atomic E-state index is 5.77. The van der Waals surface area contributed by atoms with Crippen molar-refractivity contribution in [3.05, 3.63) is 54.0 Å². The number of ether oxygens (including phenoxy) is 2. The summed E-state index contributed by atoms with van der Waals surface area (Å²) in [6, 6.07) is 11.4. The van der Waals surface area contributed by atoms with Crippen LogP contribution in [0.25, 0.3) is 0 Å². The number of methoxy groups -OCH3 is 1. The summed E-state index contributed by atoms with van der Waals surface area (Å²) >= 11 is 0. The molecule has 0 aliphatic heterocycles. The Morgan fingerprint density at radius 3 is 2.72 bits per heavy atom. The van der Waals surface area contributed by atoms with E-state index in [9.17, 15) is 0 Å². The minimum atomic E-state index is -0.203. The molecule has 0 saturated heterocycles. The predicted octanol–water partition coefficient (Wildman–Crippen LogP) is 2.50. The average Bonchev–Trinajstić information content (AvgIpc) is 2.93.